The summed E-state index contributed by atoms with van der Waals surface area (Å²) in [6, 6.07) is 1.65. The molecule has 1 aromatic heterocycles. The first kappa shape index (κ1) is 16.1. The van der Waals surface area contributed by atoms with E-state index in [1.807, 2.05) is 0 Å². The fraction of sp³-hybridized carbons (Fsp3) is 0.692. The summed E-state index contributed by atoms with van der Waals surface area (Å²) in [7, 11) is -3.57. The Morgan fingerprint density at radius 2 is 2.14 bits per heavy atom. The van der Waals surface area contributed by atoms with Crippen molar-refractivity contribution in [1.82, 2.24) is 19.6 Å². The predicted octanol–water partition coefficient (Wildman–Crippen LogP) is 0.845. The molecule has 21 heavy (non-hydrogen) atoms. The van der Waals surface area contributed by atoms with E-state index in [0.29, 0.717) is 19.0 Å². The molecule has 0 aliphatic carbocycles. The number of rotatable bonds is 7. The molecule has 1 atom stereocenters. The van der Waals surface area contributed by atoms with E-state index in [4.69, 9.17) is 0 Å². The molecule has 118 valence electrons. The van der Waals surface area contributed by atoms with Crippen molar-refractivity contribution in [2.45, 2.75) is 26.2 Å². The molecule has 0 amide bonds. The van der Waals surface area contributed by atoms with Crippen molar-refractivity contribution >= 4 is 16.2 Å². The maximum absolute atomic E-state index is 12.3. The Morgan fingerprint density at radius 3 is 2.86 bits per heavy atom. The molecule has 1 saturated heterocycles. The minimum absolute atomic E-state index is 0.115. The monoisotopic (exact) mass is 313 g/mol. The average molecular weight is 313 g/mol. The lowest BCUT2D eigenvalue weighted by molar-refractivity contribution is 0.261. The second kappa shape index (κ2) is 7.67. The fourth-order valence-corrected chi connectivity index (χ4v) is 3.67. The summed E-state index contributed by atoms with van der Waals surface area (Å²) in [4.78, 5) is 7.80. The number of nitrogens with zero attached hydrogens (tertiary/aromatic N) is 3. The van der Waals surface area contributed by atoms with Gasteiger partial charge in [-0.1, -0.05) is 6.92 Å². The van der Waals surface area contributed by atoms with Crippen molar-refractivity contribution in [3.05, 3.63) is 18.5 Å². The summed E-state index contributed by atoms with van der Waals surface area (Å²) in [5.41, 5.74) is 0. The molecule has 2 rings (SSSR count). The van der Waals surface area contributed by atoms with Crippen molar-refractivity contribution in [3.8, 4) is 0 Å². The van der Waals surface area contributed by atoms with Crippen LogP contribution in [0.5, 0.6) is 0 Å². The minimum Gasteiger partial charge on any atom is -0.316 e. The number of nitrogens with one attached hydrogen (secondary N) is 2. The molecule has 1 aromatic rings. The van der Waals surface area contributed by atoms with Crippen LogP contribution in [0.3, 0.4) is 0 Å². The first-order chi connectivity index (χ1) is 10.1. The summed E-state index contributed by atoms with van der Waals surface area (Å²) >= 11 is 0. The van der Waals surface area contributed by atoms with Crippen LogP contribution in [0.2, 0.25) is 0 Å². The quantitative estimate of drug-likeness (QED) is 0.729. The van der Waals surface area contributed by atoms with Gasteiger partial charge in [0.25, 0.3) is 0 Å². The lowest BCUT2D eigenvalue weighted by atomic mass is 10.00. The number of aromatic nitrogens is 2. The third-order valence-corrected chi connectivity index (χ3v) is 4.92. The standard InChI is InChI=1S/C13H23N5O2S/c1-2-6-14-10-12-5-3-9-18(11-12)21(19,20)17-13-15-7-4-8-16-13/h4,7-8,12,14H,2-3,5-6,9-11H2,1H3,(H,15,16,17). The highest BCUT2D eigenvalue weighted by molar-refractivity contribution is 7.90. The summed E-state index contributed by atoms with van der Waals surface area (Å²) in [6.07, 6.45) is 6.05. The van der Waals surface area contributed by atoms with Crippen LogP contribution in [-0.4, -0.2) is 48.9 Å². The van der Waals surface area contributed by atoms with Crippen molar-refractivity contribution in [2.24, 2.45) is 5.92 Å². The van der Waals surface area contributed by atoms with Gasteiger partial charge in [0.05, 0.1) is 0 Å². The lowest BCUT2D eigenvalue weighted by Gasteiger charge is -2.31. The number of piperidine rings is 1. The van der Waals surface area contributed by atoms with Crippen LogP contribution >= 0.6 is 0 Å². The van der Waals surface area contributed by atoms with E-state index in [9.17, 15) is 8.42 Å². The summed E-state index contributed by atoms with van der Waals surface area (Å²) in [6.45, 7) is 5.04. The molecular weight excluding hydrogens is 290 g/mol. The van der Waals surface area contributed by atoms with E-state index in [0.717, 1.165) is 32.4 Å². The largest absolute Gasteiger partial charge is 0.316 e. The highest BCUT2D eigenvalue weighted by Crippen LogP contribution is 2.19. The molecule has 8 heteroatoms. The lowest BCUT2D eigenvalue weighted by Crippen LogP contribution is -2.45. The van der Waals surface area contributed by atoms with Crippen LogP contribution in [0.15, 0.2) is 18.5 Å². The number of hydrogen-bond donors (Lipinski definition) is 2. The van der Waals surface area contributed by atoms with E-state index < -0.39 is 10.2 Å². The van der Waals surface area contributed by atoms with Gasteiger partial charge in [0.2, 0.25) is 5.95 Å². The molecule has 0 radical (unpaired) electrons. The Hall–Kier alpha value is -1.25. The van der Waals surface area contributed by atoms with Crippen LogP contribution in [0.25, 0.3) is 0 Å². The van der Waals surface area contributed by atoms with E-state index in [1.165, 1.54) is 16.7 Å². The zero-order valence-electron chi connectivity index (χ0n) is 12.3. The SMILES string of the molecule is CCCNCC1CCCN(S(=O)(=O)Nc2ncccn2)C1. The molecule has 2 N–H and O–H groups in total. The molecule has 1 aliphatic rings. The van der Waals surface area contributed by atoms with Gasteiger partial charge in [-0.25, -0.2) is 14.7 Å². The van der Waals surface area contributed by atoms with Crippen LogP contribution in [0, 0.1) is 5.92 Å². The predicted molar refractivity (Wildman–Crippen MR) is 82.0 cm³/mol. The molecule has 0 bridgehead atoms. The van der Waals surface area contributed by atoms with Gasteiger partial charge in [-0.2, -0.15) is 12.7 Å². The highest BCUT2D eigenvalue weighted by Gasteiger charge is 2.29. The zero-order chi connectivity index (χ0) is 15.1. The first-order valence-corrected chi connectivity index (χ1v) is 8.81. The van der Waals surface area contributed by atoms with E-state index >= 15 is 0 Å². The second-order valence-corrected chi connectivity index (χ2v) is 6.92. The van der Waals surface area contributed by atoms with Crippen LogP contribution in [0.1, 0.15) is 26.2 Å². The summed E-state index contributed by atoms with van der Waals surface area (Å²) in [5, 5.41) is 3.36. The van der Waals surface area contributed by atoms with Gasteiger partial charge in [0.1, 0.15) is 0 Å². The van der Waals surface area contributed by atoms with Gasteiger partial charge >= 0.3 is 10.2 Å². The Kier molecular flexibility index (Phi) is 5.89. The topological polar surface area (TPSA) is 87.2 Å². The summed E-state index contributed by atoms with van der Waals surface area (Å²) in [5.74, 6) is 0.474. The van der Waals surface area contributed by atoms with E-state index in [1.54, 1.807) is 6.07 Å². The Morgan fingerprint density at radius 1 is 1.38 bits per heavy atom. The Balaban J connectivity index is 1.93. The van der Waals surface area contributed by atoms with E-state index in [-0.39, 0.29) is 5.95 Å². The van der Waals surface area contributed by atoms with Crippen molar-refractivity contribution in [2.75, 3.05) is 30.9 Å². The van der Waals surface area contributed by atoms with Gasteiger partial charge in [0, 0.05) is 25.5 Å². The van der Waals surface area contributed by atoms with Crippen LogP contribution < -0.4 is 10.0 Å². The zero-order valence-corrected chi connectivity index (χ0v) is 13.1. The third kappa shape index (κ3) is 4.90. The van der Waals surface area contributed by atoms with Crippen molar-refractivity contribution < 1.29 is 8.42 Å². The first-order valence-electron chi connectivity index (χ1n) is 7.37. The Bertz CT molecular complexity index is 523. The molecule has 1 fully saturated rings. The molecule has 0 spiro atoms. The molecule has 7 nitrogen and oxygen atoms in total. The van der Waals surface area contributed by atoms with Gasteiger partial charge < -0.3 is 5.32 Å². The van der Waals surface area contributed by atoms with Gasteiger partial charge in [-0.15, -0.1) is 0 Å². The van der Waals surface area contributed by atoms with Crippen LogP contribution in [-0.2, 0) is 10.2 Å². The molecule has 0 aromatic carbocycles. The maximum Gasteiger partial charge on any atom is 0.303 e. The molecule has 1 unspecified atom stereocenters. The highest BCUT2D eigenvalue weighted by atomic mass is 32.2. The maximum atomic E-state index is 12.3. The van der Waals surface area contributed by atoms with E-state index in [2.05, 4.69) is 26.9 Å². The van der Waals surface area contributed by atoms with Gasteiger partial charge in [-0.3, -0.25) is 0 Å². The minimum atomic E-state index is -3.57. The fourth-order valence-electron chi connectivity index (χ4n) is 2.43. The van der Waals surface area contributed by atoms with Crippen molar-refractivity contribution in [1.29, 1.82) is 0 Å². The smallest absolute Gasteiger partial charge is 0.303 e. The number of hydrogen-bond acceptors (Lipinski definition) is 5. The van der Waals surface area contributed by atoms with Crippen LogP contribution in [0.4, 0.5) is 5.95 Å². The normalized spacial score (nSPS) is 20.3. The number of anilines is 1. The molecule has 2 heterocycles. The second-order valence-electron chi connectivity index (χ2n) is 5.25. The van der Waals surface area contributed by atoms with Gasteiger partial charge in [0.15, 0.2) is 0 Å². The summed E-state index contributed by atoms with van der Waals surface area (Å²) < 4.78 is 28.6. The molecule has 0 saturated carbocycles. The average Bonchev–Trinajstić information content (AvgIpc) is 2.48. The van der Waals surface area contributed by atoms with Crippen molar-refractivity contribution in [3.63, 3.8) is 0 Å². The Labute approximate surface area is 126 Å². The third-order valence-electron chi connectivity index (χ3n) is 3.47. The van der Waals surface area contributed by atoms with Gasteiger partial charge in [-0.05, 0) is 44.3 Å². The molecule has 1 aliphatic heterocycles. The molecular formula is C13H23N5O2S.